The molecule has 0 aliphatic heterocycles. The zero-order valence-corrected chi connectivity index (χ0v) is 15.7. The number of aromatic nitrogens is 1. The van der Waals surface area contributed by atoms with Crippen LogP contribution in [0.3, 0.4) is 0 Å². The Kier molecular flexibility index (Phi) is 7.23. The molecule has 0 bridgehead atoms. The summed E-state index contributed by atoms with van der Waals surface area (Å²) >= 11 is 7.21. The molecule has 0 saturated carbocycles. The highest BCUT2D eigenvalue weighted by Gasteiger charge is 2.09. The summed E-state index contributed by atoms with van der Waals surface area (Å²) in [6, 6.07) is 8.43. The molecule has 2 nitrogen and oxygen atoms in total. The third-order valence-corrected chi connectivity index (χ3v) is 5.81. The van der Waals surface area contributed by atoms with Crippen LogP contribution in [0, 0.1) is 0 Å². The van der Waals surface area contributed by atoms with Crippen molar-refractivity contribution >= 4 is 39.0 Å². The molecule has 1 aromatic carbocycles. The van der Waals surface area contributed by atoms with Gasteiger partial charge in [0.1, 0.15) is 5.01 Å². The molecule has 21 heavy (non-hydrogen) atoms. The van der Waals surface area contributed by atoms with E-state index in [1.54, 1.807) is 0 Å². The normalized spacial score (nSPS) is 11.0. The highest BCUT2D eigenvalue weighted by molar-refractivity contribution is 9.10. The summed E-state index contributed by atoms with van der Waals surface area (Å²) in [7, 11) is 0. The van der Waals surface area contributed by atoms with E-state index in [9.17, 15) is 0 Å². The van der Waals surface area contributed by atoms with Gasteiger partial charge in [0.05, 0.1) is 11.4 Å². The summed E-state index contributed by atoms with van der Waals surface area (Å²) in [4.78, 5) is 7.47. The van der Waals surface area contributed by atoms with Gasteiger partial charge in [-0.2, -0.15) is 0 Å². The van der Waals surface area contributed by atoms with Crippen molar-refractivity contribution in [1.82, 2.24) is 10.3 Å². The van der Waals surface area contributed by atoms with Crippen LogP contribution < -0.4 is 5.32 Å². The molecule has 5 heteroatoms. The van der Waals surface area contributed by atoms with Crippen LogP contribution in [-0.4, -0.2) is 11.5 Å². The Hall–Kier alpha value is -0.360. The molecule has 0 fully saturated rings. The zero-order chi connectivity index (χ0) is 15.1. The summed E-state index contributed by atoms with van der Waals surface area (Å²) < 4.78 is 1.13. The van der Waals surface area contributed by atoms with Gasteiger partial charge in [0.25, 0.3) is 0 Å². The van der Waals surface area contributed by atoms with E-state index in [-0.39, 0.29) is 0 Å². The number of benzene rings is 1. The van der Waals surface area contributed by atoms with Crippen molar-refractivity contribution in [2.24, 2.45) is 0 Å². The molecule has 0 aliphatic rings. The maximum atomic E-state index is 4.79. The lowest BCUT2D eigenvalue weighted by Crippen LogP contribution is -2.13. The van der Waals surface area contributed by atoms with Gasteiger partial charge in [0.15, 0.2) is 0 Å². The van der Waals surface area contributed by atoms with Gasteiger partial charge in [-0.15, -0.1) is 23.1 Å². The van der Waals surface area contributed by atoms with Crippen molar-refractivity contribution < 1.29 is 0 Å². The lowest BCUT2D eigenvalue weighted by atomic mass is 10.3. The number of rotatable bonds is 8. The number of aryl methyl sites for hydroxylation is 1. The zero-order valence-electron chi connectivity index (χ0n) is 12.5. The summed E-state index contributed by atoms with van der Waals surface area (Å²) in [5.41, 5.74) is 1.26. The molecule has 0 amide bonds. The van der Waals surface area contributed by atoms with E-state index < -0.39 is 0 Å². The molecule has 0 aliphatic carbocycles. The molecular weight excluding hydrogens is 364 g/mol. The first-order chi connectivity index (χ1) is 10.2. The van der Waals surface area contributed by atoms with Gasteiger partial charge in [0.2, 0.25) is 0 Å². The van der Waals surface area contributed by atoms with Crippen LogP contribution in [0.1, 0.15) is 35.8 Å². The average molecular weight is 385 g/mol. The molecule has 2 aromatic rings. The highest BCUT2D eigenvalue weighted by atomic mass is 79.9. The van der Waals surface area contributed by atoms with E-state index in [1.165, 1.54) is 26.9 Å². The van der Waals surface area contributed by atoms with E-state index in [0.717, 1.165) is 29.7 Å². The third kappa shape index (κ3) is 5.40. The predicted octanol–water partition coefficient (Wildman–Crippen LogP) is 5.26. The van der Waals surface area contributed by atoms with Crippen LogP contribution >= 0.6 is 39.0 Å². The van der Waals surface area contributed by atoms with Gasteiger partial charge in [-0.3, -0.25) is 0 Å². The summed E-state index contributed by atoms with van der Waals surface area (Å²) in [5.74, 6) is 0.946. The van der Waals surface area contributed by atoms with E-state index in [2.05, 4.69) is 59.4 Å². The maximum Gasteiger partial charge on any atom is 0.103 e. The third-order valence-electron chi connectivity index (χ3n) is 3.03. The van der Waals surface area contributed by atoms with Crippen LogP contribution in [0.25, 0.3) is 0 Å². The van der Waals surface area contributed by atoms with Gasteiger partial charge in [-0.05, 0) is 37.6 Å². The minimum absolute atomic E-state index is 0.946. The minimum atomic E-state index is 0.946. The molecule has 114 valence electrons. The summed E-state index contributed by atoms with van der Waals surface area (Å²) in [5, 5.41) is 4.71. The molecule has 0 atom stereocenters. The first-order valence-corrected chi connectivity index (χ1v) is 9.89. The van der Waals surface area contributed by atoms with Crippen LogP contribution in [0.2, 0.25) is 0 Å². The van der Waals surface area contributed by atoms with Crippen LogP contribution in [0.5, 0.6) is 0 Å². The Morgan fingerprint density at radius 1 is 1.33 bits per heavy atom. The van der Waals surface area contributed by atoms with Gasteiger partial charge in [-0.1, -0.05) is 35.8 Å². The second-order valence-electron chi connectivity index (χ2n) is 4.75. The number of nitrogens with zero attached hydrogens (tertiary/aromatic N) is 1. The first-order valence-electron chi connectivity index (χ1n) is 7.29. The van der Waals surface area contributed by atoms with Crippen molar-refractivity contribution in [3.63, 3.8) is 0 Å². The molecule has 2 rings (SSSR count). The molecule has 1 N–H and O–H groups in total. The van der Waals surface area contributed by atoms with E-state index in [1.807, 2.05) is 23.1 Å². The number of hydrogen-bond donors (Lipinski definition) is 1. The Morgan fingerprint density at radius 3 is 2.90 bits per heavy atom. The molecule has 0 unspecified atom stereocenters. The fraction of sp³-hybridized carbons (Fsp3) is 0.438. The predicted molar refractivity (Wildman–Crippen MR) is 97.2 cm³/mol. The molecule has 1 aromatic heterocycles. The first kappa shape index (κ1) is 17.0. The van der Waals surface area contributed by atoms with Gasteiger partial charge in [0, 0.05) is 20.8 Å². The highest BCUT2D eigenvalue weighted by Crippen LogP contribution is 2.28. The number of nitrogens with one attached hydrogen (secondary N) is 1. The summed E-state index contributed by atoms with van der Waals surface area (Å²) in [6.45, 7) is 6.41. The molecule has 1 heterocycles. The Bertz CT molecular complexity index is 569. The molecule has 0 saturated heterocycles. The Morgan fingerprint density at radius 2 is 2.19 bits per heavy atom. The van der Waals surface area contributed by atoms with Crippen LogP contribution in [0.15, 0.2) is 33.6 Å². The monoisotopic (exact) mass is 384 g/mol. The number of thioether (sulfide) groups is 1. The Balaban J connectivity index is 1.96. The largest absolute Gasteiger partial charge is 0.312 e. The smallest absolute Gasteiger partial charge is 0.103 e. The van der Waals surface area contributed by atoms with Crippen molar-refractivity contribution in [1.29, 1.82) is 0 Å². The standard InChI is InChI=1S/C16H21BrN2S2/c1-3-8-18-10-15-14(4-2)19-16(21-15)11-20-13-7-5-6-12(17)9-13/h5-7,9,18H,3-4,8,10-11H2,1-2H3. The second-order valence-corrected chi connectivity index (χ2v) is 7.89. The molecular formula is C16H21BrN2S2. The fourth-order valence-electron chi connectivity index (χ4n) is 1.99. The summed E-state index contributed by atoms with van der Waals surface area (Å²) in [6.07, 6.45) is 2.19. The Labute approximate surface area is 143 Å². The van der Waals surface area contributed by atoms with Gasteiger partial charge in [-0.25, -0.2) is 4.98 Å². The second kappa shape index (κ2) is 8.93. The minimum Gasteiger partial charge on any atom is -0.312 e. The molecule has 0 radical (unpaired) electrons. The van der Waals surface area contributed by atoms with Crippen LogP contribution in [0.4, 0.5) is 0 Å². The number of halogens is 1. The van der Waals surface area contributed by atoms with Crippen molar-refractivity contribution in [2.75, 3.05) is 6.54 Å². The van der Waals surface area contributed by atoms with Gasteiger partial charge >= 0.3 is 0 Å². The van der Waals surface area contributed by atoms with Crippen LogP contribution in [-0.2, 0) is 18.7 Å². The quantitative estimate of drug-likeness (QED) is 0.496. The van der Waals surface area contributed by atoms with E-state index in [0.29, 0.717) is 0 Å². The average Bonchev–Trinajstić information content (AvgIpc) is 2.88. The van der Waals surface area contributed by atoms with Crippen molar-refractivity contribution in [2.45, 2.75) is 43.9 Å². The SMILES string of the molecule is CCCNCc1sc(CSc2cccc(Br)c2)nc1CC. The number of hydrogen-bond acceptors (Lipinski definition) is 4. The van der Waals surface area contributed by atoms with E-state index >= 15 is 0 Å². The topological polar surface area (TPSA) is 24.9 Å². The fourth-order valence-corrected chi connectivity index (χ4v) is 4.62. The van der Waals surface area contributed by atoms with Gasteiger partial charge < -0.3 is 5.32 Å². The maximum absolute atomic E-state index is 4.79. The van der Waals surface area contributed by atoms with Crippen molar-refractivity contribution in [3.05, 3.63) is 44.3 Å². The van der Waals surface area contributed by atoms with E-state index in [4.69, 9.17) is 4.98 Å². The lowest BCUT2D eigenvalue weighted by Gasteiger charge is -2.01. The number of thiazole rings is 1. The van der Waals surface area contributed by atoms with Crippen molar-refractivity contribution in [3.8, 4) is 0 Å². The molecule has 0 spiro atoms. The lowest BCUT2D eigenvalue weighted by molar-refractivity contribution is 0.676.